The Morgan fingerprint density at radius 1 is 0.895 bits per heavy atom. The van der Waals surface area contributed by atoms with Gasteiger partial charge in [0.1, 0.15) is 5.78 Å². The Morgan fingerprint density at radius 3 is 1.95 bits per heavy atom. The Morgan fingerprint density at radius 2 is 1.42 bits per heavy atom. The van der Waals surface area contributed by atoms with Crippen molar-refractivity contribution < 1.29 is 4.79 Å². The number of benzene rings is 3. The molecule has 1 heteroatoms. The molecule has 3 aromatic rings. The maximum absolute atomic E-state index is 11.3. The zero-order chi connectivity index (χ0) is 13.2. The van der Waals surface area contributed by atoms with Gasteiger partial charge < -0.3 is 4.79 Å². The molecule has 94 valence electrons. The summed E-state index contributed by atoms with van der Waals surface area (Å²) in [6.45, 7) is 1.66. The molecule has 19 heavy (non-hydrogen) atoms. The van der Waals surface area contributed by atoms with Gasteiger partial charge in [-0.1, -0.05) is 48.5 Å². The summed E-state index contributed by atoms with van der Waals surface area (Å²) >= 11 is 0. The highest BCUT2D eigenvalue weighted by molar-refractivity contribution is 6.02. The SMILES string of the molecule is CC(=O)CCc1c2ccccc2cc2ccccc12. The molecule has 0 bridgehead atoms. The number of hydrogen-bond donors (Lipinski definition) is 0. The molecule has 0 saturated carbocycles. The fraction of sp³-hybridized carbons (Fsp3) is 0.167. The van der Waals surface area contributed by atoms with E-state index in [1.54, 1.807) is 6.92 Å². The van der Waals surface area contributed by atoms with E-state index >= 15 is 0 Å². The van der Waals surface area contributed by atoms with Crippen LogP contribution in [0.3, 0.4) is 0 Å². The van der Waals surface area contributed by atoms with E-state index in [0.717, 1.165) is 6.42 Å². The maximum Gasteiger partial charge on any atom is 0.130 e. The lowest BCUT2D eigenvalue weighted by atomic mass is 9.93. The number of aryl methyl sites for hydroxylation is 1. The van der Waals surface area contributed by atoms with Gasteiger partial charge in [0.15, 0.2) is 0 Å². The molecule has 0 aliphatic rings. The molecule has 0 atom stereocenters. The molecule has 1 nitrogen and oxygen atoms in total. The minimum Gasteiger partial charge on any atom is -0.300 e. The summed E-state index contributed by atoms with van der Waals surface area (Å²) in [4.78, 5) is 11.3. The van der Waals surface area contributed by atoms with Crippen molar-refractivity contribution in [3.63, 3.8) is 0 Å². The van der Waals surface area contributed by atoms with Crippen molar-refractivity contribution in [3.05, 3.63) is 60.2 Å². The maximum atomic E-state index is 11.3. The number of Topliss-reactive ketones (excluding diaryl/α,β-unsaturated/α-hetero) is 1. The van der Waals surface area contributed by atoms with E-state index in [4.69, 9.17) is 0 Å². The third kappa shape index (κ3) is 2.24. The van der Waals surface area contributed by atoms with Gasteiger partial charge >= 0.3 is 0 Å². The molecule has 0 amide bonds. The highest BCUT2D eigenvalue weighted by Crippen LogP contribution is 2.29. The van der Waals surface area contributed by atoms with E-state index in [1.165, 1.54) is 27.1 Å². The first-order valence-corrected chi connectivity index (χ1v) is 6.64. The van der Waals surface area contributed by atoms with Crippen molar-refractivity contribution >= 4 is 27.3 Å². The Bertz CT molecular complexity index is 702. The van der Waals surface area contributed by atoms with Crippen molar-refractivity contribution in [1.29, 1.82) is 0 Å². The van der Waals surface area contributed by atoms with E-state index < -0.39 is 0 Å². The van der Waals surface area contributed by atoms with Gasteiger partial charge in [-0.3, -0.25) is 0 Å². The van der Waals surface area contributed by atoms with E-state index in [9.17, 15) is 4.79 Å². The molecule has 0 radical (unpaired) electrons. The molecule has 3 aromatic carbocycles. The number of carbonyl (C=O) groups is 1. The second-order valence-electron chi connectivity index (χ2n) is 5.00. The molecule has 0 unspecified atom stereocenters. The average molecular weight is 248 g/mol. The summed E-state index contributed by atoms with van der Waals surface area (Å²) in [7, 11) is 0. The smallest absolute Gasteiger partial charge is 0.130 e. The van der Waals surface area contributed by atoms with Crippen molar-refractivity contribution in [2.45, 2.75) is 19.8 Å². The number of hydrogen-bond acceptors (Lipinski definition) is 1. The quantitative estimate of drug-likeness (QED) is 0.623. The van der Waals surface area contributed by atoms with Crippen LogP contribution in [0.2, 0.25) is 0 Å². The first-order chi connectivity index (χ1) is 9.25. The first-order valence-electron chi connectivity index (χ1n) is 6.64. The van der Waals surface area contributed by atoms with Crippen LogP contribution in [0.25, 0.3) is 21.5 Å². The summed E-state index contributed by atoms with van der Waals surface area (Å²) in [6, 6.07) is 19.1. The molecule has 0 saturated heterocycles. The van der Waals surface area contributed by atoms with Crippen molar-refractivity contribution in [3.8, 4) is 0 Å². The van der Waals surface area contributed by atoms with Crippen molar-refractivity contribution in [2.75, 3.05) is 0 Å². The lowest BCUT2D eigenvalue weighted by molar-refractivity contribution is -0.116. The van der Waals surface area contributed by atoms with Crippen LogP contribution in [0, 0.1) is 0 Å². The summed E-state index contributed by atoms with van der Waals surface area (Å²) in [6.07, 6.45) is 1.43. The Labute approximate surface area is 112 Å². The average Bonchev–Trinajstić information content (AvgIpc) is 2.43. The van der Waals surface area contributed by atoms with Gasteiger partial charge in [-0.05, 0) is 46.5 Å². The lowest BCUT2D eigenvalue weighted by Gasteiger charge is -2.10. The number of ketones is 1. The Kier molecular flexibility index (Phi) is 3.04. The van der Waals surface area contributed by atoms with Crippen LogP contribution in [0.15, 0.2) is 54.6 Å². The minimum atomic E-state index is 0.247. The minimum absolute atomic E-state index is 0.247. The number of rotatable bonds is 3. The Hall–Kier alpha value is -2.15. The second-order valence-corrected chi connectivity index (χ2v) is 5.00. The number of carbonyl (C=O) groups excluding carboxylic acids is 1. The van der Waals surface area contributed by atoms with Gasteiger partial charge in [-0.25, -0.2) is 0 Å². The normalized spacial score (nSPS) is 11.0. The van der Waals surface area contributed by atoms with Crippen LogP contribution in [0.5, 0.6) is 0 Å². The zero-order valence-corrected chi connectivity index (χ0v) is 11.0. The lowest BCUT2D eigenvalue weighted by Crippen LogP contribution is -1.96. The summed E-state index contributed by atoms with van der Waals surface area (Å²) < 4.78 is 0. The van der Waals surface area contributed by atoms with E-state index in [2.05, 4.69) is 54.6 Å². The molecule has 0 fully saturated rings. The molecule has 0 N–H and O–H groups in total. The molecular formula is C18H16O. The molecule has 3 rings (SSSR count). The van der Waals surface area contributed by atoms with E-state index in [1.807, 2.05) is 0 Å². The fourth-order valence-corrected chi connectivity index (χ4v) is 2.68. The molecule has 0 aromatic heterocycles. The predicted molar refractivity (Wildman–Crippen MR) is 80.5 cm³/mol. The monoisotopic (exact) mass is 248 g/mol. The van der Waals surface area contributed by atoms with Crippen LogP contribution in [0.1, 0.15) is 18.9 Å². The van der Waals surface area contributed by atoms with Gasteiger partial charge in [-0.2, -0.15) is 0 Å². The summed E-state index contributed by atoms with van der Waals surface area (Å²) in [5.74, 6) is 0.247. The highest BCUT2D eigenvalue weighted by atomic mass is 16.1. The van der Waals surface area contributed by atoms with Crippen molar-refractivity contribution in [2.24, 2.45) is 0 Å². The standard InChI is InChI=1S/C18H16O/c1-13(19)10-11-18-16-8-4-2-6-14(16)12-15-7-3-5-9-17(15)18/h2-9,12H,10-11H2,1H3. The van der Waals surface area contributed by atoms with E-state index in [0.29, 0.717) is 6.42 Å². The van der Waals surface area contributed by atoms with E-state index in [-0.39, 0.29) is 5.78 Å². The topological polar surface area (TPSA) is 17.1 Å². The van der Waals surface area contributed by atoms with Crippen LogP contribution >= 0.6 is 0 Å². The predicted octanol–water partition coefficient (Wildman–Crippen LogP) is 4.51. The van der Waals surface area contributed by atoms with Gasteiger partial charge in [-0.15, -0.1) is 0 Å². The zero-order valence-electron chi connectivity index (χ0n) is 11.0. The molecule has 0 heterocycles. The van der Waals surface area contributed by atoms with Gasteiger partial charge in [0.2, 0.25) is 0 Å². The Balaban J connectivity index is 2.29. The highest BCUT2D eigenvalue weighted by Gasteiger charge is 2.07. The molecular weight excluding hydrogens is 232 g/mol. The second kappa shape index (κ2) is 4.85. The molecule has 0 aliphatic carbocycles. The summed E-state index contributed by atoms with van der Waals surface area (Å²) in [5, 5.41) is 5.03. The van der Waals surface area contributed by atoms with Crippen molar-refractivity contribution in [1.82, 2.24) is 0 Å². The van der Waals surface area contributed by atoms with Gasteiger partial charge in [0, 0.05) is 6.42 Å². The van der Waals surface area contributed by atoms with Gasteiger partial charge in [0.05, 0.1) is 0 Å². The first kappa shape index (κ1) is 11.9. The van der Waals surface area contributed by atoms with Crippen LogP contribution < -0.4 is 0 Å². The molecule has 0 spiro atoms. The fourth-order valence-electron chi connectivity index (χ4n) is 2.68. The third-order valence-electron chi connectivity index (χ3n) is 3.61. The molecule has 0 aliphatic heterocycles. The third-order valence-corrected chi connectivity index (χ3v) is 3.61. The van der Waals surface area contributed by atoms with Gasteiger partial charge in [0.25, 0.3) is 0 Å². The summed E-state index contributed by atoms with van der Waals surface area (Å²) in [5.41, 5.74) is 1.30. The van der Waals surface area contributed by atoms with Crippen LogP contribution in [-0.2, 0) is 11.2 Å². The van der Waals surface area contributed by atoms with Crippen LogP contribution in [0.4, 0.5) is 0 Å². The number of fused-ring (bicyclic) bond motifs is 2. The van der Waals surface area contributed by atoms with Crippen LogP contribution in [-0.4, -0.2) is 5.78 Å². The largest absolute Gasteiger partial charge is 0.300 e.